The van der Waals surface area contributed by atoms with E-state index in [1.807, 2.05) is 42.9 Å². The SMILES string of the molecule is Brc1cccc2cnccc12.C1CCOCC1.c1cc(N2CCOCC2)c2ccncc2c1. The maximum absolute atomic E-state index is 5.38. The predicted molar refractivity (Wildman–Crippen MR) is 139 cm³/mol. The van der Waals surface area contributed by atoms with Crippen molar-refractivity contribution in [1.29, 1.82) is 0 Å². The Bertz CT molecular complexity index is 1120. The minimum absolute atomic E-state index is 0.821. The Morgan fingerprint density at radius 1 is 0.667 bits per heavy atom. The van der Waals surface area contributed by atoms with Crippen molar-refractivity contribution in [2.75, 3.05) is 44.4 Å². The van der Waals surface area contributed by atoms with Gasteiger partial charge in [0.15, 0.2) is 0 Å². The minimum Gasteiger partial charge on any atom is -0.381 e. The van der Waals surface area contributed by atoms with E-state index in [4.69, 9.17) is 9.47 Å². The van der Waals surface area contributed by atoms with Crippen LogP contribution < -0.4 is 4.90 Å². The average Bonchev–Trinajstić information content (AvgIpc) is 2.91. The maximum Gasteiger partial charge on any atom is 0.0642 e. The van der Waals surface area contributed by atoms with Crippen LogP contribution in [0, 0.1) is 0 Å². The Hall–Kier alpha value is -2.54. The van der Waals surface area contributed by atoms with Gasteiger partial charge in [0.2, 0.25) is 0 Å². The molecule has 5 nitrogen and oxygen atoms in total. The van der Waals surface area contributed by atoms with Gasteiger partial charge in [-0.2, -0.15) is 0 Å². The van der Waals surface area contributed by atoms with E-state index in [1.165, 1.54) is 46.5 Å². The van der Waals surface area contributed by atoms with Crippen LogP contribution in [0.5, 0.6) is 0 Å². The van der Waals surface area contributed by atoms with E-state index in [0.29, 0.717) is 0 Å². The van der Waals surface area contributed by atoms with Crippen LogP contribution in [0.4, 0.5) is 5.69 Å². The van der Waals surface area contributed by atoms with E-state index < -0.39 is 0 Å². The fourth-order valence-corrected chi connectivity index (χ4v) is 4.47. The number of morpholine rings is 1. The molecule has 2 saturated heterocycles. The van der Waals surface area contributed by atoms with Crippen LogP contribution in [0.1, 0.15) is 19.3 Å². The van der Waals surface area contributed by atoms with Crippen LogP contribution in [0.2, 0.25) is 0 Å². The molecule has 0 unspecified atom stereocenters. The Morgan fingerprint density at radius 3 is 1.88 bits per heavy atom. The van der Waals surface area contributed by atoms with Crippen LogP contribution in [-0.4, -0.2) is 49.5 Å². The van der Waals surface area contributed by atoms with Crippen molar-refractivity contribution in [2.24, 2.45) is 0 Å². The van der Waals surface area contributed by atoms with Crippen LogP contribution in [0.25, 0.3) is 21.5 Å². The summed E-state index contributed by atoms with van der Waals surface area (Å²) in [6.45, 7) is 5.59. The number of fused-ring (bicyclic) bond motifs is 2. The lowest BCUT2D eigenvalue weighted by Gasteiger charge is -2.29. The van der Waals surface area contributed by atoms with E-state index in [1.54, 1.807) is 6.20 Å². The third kappa shape index (κ3) is 6.73. The van der Waals surface area contributed by atoms with Gasteiger partial charge in [0.05, 0.1) is 13.2 Å². The fourth-order valence-electron chi connectivity index (χ4n) is 3.96. The third-order valence-corrected chi connectivity index (χ3v) is 6.41. The monoisotopic (exact) mass is 507 g/mol. The lowest BCUT2D eigenvalue weighted by molar-refractivity contribution is 0.0968. The largest absolute Gasteiger partial charge is 0.381 e. The number of anilines is 1. The molecule has 6 heteroatoms. The van der Waals surface area contributed by atoms with Crippen LogP contribution in [0.3, 0.4) is 0 Å². The van der Waals surface area contributed by atoms with Gasteiger partial charge in [0.1, 0.15) is 0 Å². The van der Waals surface area contributed by atoms with Crippen molar-refractivity contribution >= 4 is 43.2 Å². The molecule has 4 aromatic rings. The van der Waals surface area contributed by atoms with Crippen molar-refractivity contribution in [3.05, 3.63) is 77.8 Å². The zero-order valence-corrected chi connectivity index (χ0v) is 20.4. The summed E-state index contributed by atoms with van der Waals surface area (Å²) >= 11 is 3.47. The summed E-state index contributed by atoms with van der Waals surface area (Å²) in [5.41, 5.74) is 1.29. The number of nitrogens with zero attached hydrogens (tertiary/aromatic N) is 3. The molecule has 172 valence electrons. The van der Waals surface area contributed by atoms with Crippen molar-refractivity contribution in [1.82, 2.24) is 9.97 Å². The van der Waals surface area contributed by atoms with Crippen LogP contribution >= 0.6 is 15.9 Å². The van der Waals surface area contributed by atoms with Gasteiger partial charge in [-0.25, -0.2) is 0 Å². The molecule has 0 amide bonds. The number of rotatable bonds is 1. The van der Waals surface area contributed by atoms with Gasteiger partial charge >= 0.3 is 0 Å². The molecule has 0 bridgehead atoms. The summed E-state index contributed by atoms with van der Waals surface area (Å²) < 4.78 is 11.6. The van der Waals surface area contributed by atoms with Gasteiger partial charge in [-0.15, -0.1) is 0 Å². The number of ether oxygens (including phenoxy) is 2. The number of halogens is 1. The van der Waals surface area contributed by atoms with Crippen molar-refractivity contribution < 1.29 is 9.47 Å². The molecule has 0 radical (unpaired) electrons. The Labute approximate surface area is 203 Å². The molecule has 2 aliphatic rings. The van der Waals surface area contributed by atoms with Crippen molar-refractivity contribution in [3.63, 3.8) is 0 Å². The topological polar surface area (TPSA) is 47.5 Å². The zero-order valence-electron chi connectivity index (χ0n) is 18.8. The normalized spacial score (nSPS) is 15.8. The number of hydrogen-bond acceptors (Lipinski definition) is 5. The molecule has 2 aromatic heterocycles. The lowest BCUT2D eigenvalue weighted by Crippen LogP contribution is -2.36. The number of pyridine rings is 2. The lowest BCUT2D eigenvalue weighted by atomic mass is 10.1. The molecule has 2 aliphatic heterocycles. The summed E-state index contributed by atoms with van der Waals surface area (Å²) in [5, 5.41) is 4.86. The standard InChI is InChI=1S/C13H14N2O.C9H6BrN.C5H10O/c1-2-11-10-14-5-4-12(11)13(3-1)15-6-8-16-9-7-15;10-9-3-1-2-7-6-11-5-4-8(7)9;1-2-4-6-5-3-1/h1-5,10H,6-9H2;1-6H;1-5H2. The molecule has 4 heterocycles. The second-order valence-electron chi connectivity index (χ2n) is 7.98. The molecule has 2 aromatic carbocycles. The van der Waals surface area contributed by atoms with Gasteiger partial charge in [0.25, 0.3) is 0 Å². The molecule has 0 atom stereocenters. The van der Waals surface area contributed by atoms with E-state index in [2.05, 4.69) is 55.1 Å². The quantitative estimate of drug-likeness (QED) is 0.304. The Balaban J connectivity index is 0.000000132. The minimum atomic E-state index is 0.821. The smallest absolute Gasteiger partial charge is 0.0642 e. The number of aromatic nitrogens is 2. The Morgan fingerprint density at radius 2 is 1.27 bits per heavy atom. The number of hydrogen-bond donors (Lipinski definition) is 0. The van der Waals surface area contributed by atoms with E-state index >= 15 is 0 Å². The molecule has 0 spiro atoms. The molecule has 0 saturated carbocycles. The number of benzene rings is 2. The first-order valence-electron chi connectivity index (χ1n) is 11.5. The van der Waals surface area contributed by atoms with E-state index in [0.717, 1.165) is 44.0 Å². The second-order valence-corrected chi connectivity index (χ2v) is 8.84. The highest BCUT2D eigenvalue weighted by atomic mass is 79.9. The highest BCUT2D eigenvalue weighted by molar-refractivity contribution is 9.10. The molecule has 0 aliphatic carbocycles. The molecule has 33 heavy (non-hydrogen) atoms. The van der Waals surface area contributed by atoms with Gasteiger partial charge in [-0.1, -0.05) is 40.2 Å². The molecular formula is C27H30BrN3O2. The maximum atomic E-state index is 5.38. The Kier molecular flexibility index (Phi) is 9.04. The predicted octanol–water partition coefficient (Wildman–Crippen LogP) is 6.26. The van der Waals surface area contributed by atoms with E-state index in [-0.39, 0.29) is 0 Å². The second kappa shape index (κ2) is 12.6. The first-order chi connectivity index (χ1) is 16.3. The first-order valence-corrected chi connectivity index (χ1v) is 12.3. The summed E-state index contributed by atoms with van der Waals surface area (Å²) in [5.74, 6) is 0. The summed E-state index contributed by atoms with van der Waals surface area (Å²) in [7, 11) is 0. The molecule has 0 N–H and O–H groups in total. The van der Waals surface area contributed by atoms with Gasteiger partial charge < -0.3 is 14.4 Å². The zero-order chi connectivity index (χ0) is 22.7. The van der Waals surface area contributed by atoms with Gasteiger partial charge in [-0.3, -0.25) is 9.97 Å². The van der Waals surface area contributed by atoms with Crippen molar-refractivity contribution in [2.45, 2.75) is 19.3 Å². The first kappa shape index (κ1) is 23.6. The van der Waals surface area contributed by atoms with E-state index in [9.17, 15) is 0 Å². The molecule has 6 rings (SSSR count). The average molecular weight is 508 g/mol. The summed E-state index contributed by atoms with van der Waals surface area (Å²) in [4.78, 5) is 10.6. The molecular weight excluding hydrogens is 478 g/mol. The van der Waals surface area contributed by atoms with Gasteiger partial charge in [-0.05, 0) is 48.9 Å². The highest BCUT2D eigenvalue weighted by Crippen LogP contribution is 2.26. The highest BCUT2D eigenvalue weighted by Gasteiger charge is 2.13. The summed E-state index contributed by atoms with van der Waals surface area (Å²) in [6, 6.07) is 16.5. The van der Waals surface area contributed by atoms with Gasteiger partial charge in [0, 0.05) is 77.4 Å². The van der Waals surface area contributed by atoms with Crippen molar-refractivity contribution in [3.8, 4) is 0 Å². The molecule has 2 fully saturated rings. The van der Waals surface area contributed by atoms with Crippen LogP contribution in [-0.2, 0) is 9.47 Å². The fraction of sp³-hybridized carbons (Fsp3) is 0.333. The third-order valence-electron chi connectivity index (χ3n) is 5.71. The summed E-state index contributed by atoms with van der Waals surface area (Å²) in [6.07, 6.45) is 11.4. The van der Waals surface area contributed by atoms with Crippen LogP contribution in [0.15, 0.2) is 77.8 Å².